The van der Waals surface area contributed by atoms with Crippen LogP contribution in [0.1, 0.15) is 13.3 Å². The van der Waals surface area contributed by atoms with Crippen LogP contribution < -0.4 is 9.84 Å². The van der Waals surface area contributed by atoms with Crippen molar-refractivity contribution in [2.75, 3.05) is 0 Å². The summed E-state index contributed by atoms with van der Waals surface area (Å²) in [6.07, 6.45) is -0.777. The molecule has 1 aromatic rings. The van der Waals surface area contributed by atoms with Crippen LogP contribution in [0.4, 0.5) is 5.69 Å². The molecule has 0 saturated heterocycles. The number of non-ortho nitro benzene ring substituents is 1. The van der Waals surface area contributed by atoms with Gasteiger partial charge in [-0.3, -0.25) is 10.1 Å². The fourth-order valence-electron chi connectivity index (χ4n) is 1.11. The average Bonchev–Trinajstić information content (AvgIpc) is 2.26. The van der Waals surface area contributed by atoms with Crippen LogP contribution in [0.2, 0.25) is 0 Å². The molecule has 0 radical (unpaired) electrons. The van der Waals surface area contributed by atoms with E-state index >= 15 is 0 Å². The Morgan fingerprint density at radius 3 is 2.38 bits per heavy atom. The predicted molar refractivity (Wildman–Crippen MR) is 52.8 cm³/mol. The fourth-order valence-corrected chi connectivity index (χ4v) is 1.11. The highest BCUT2D eigenvalue weighted by Gasteiger charge is 2.10. The number of benzene rings is 1. The topological polar surface area (TPSA) is 92.5 Å². The summed E-state index contributed by atoms with van der Waals surface area (Å²) in [4.78, 5) is 20.4. The molecule has 0 fully saturated rings. The molecule has 1 atom stereocenters. The highest BCUT2D eigenvalue weighted by Crippen LogP contribution is 2.18. The second-order valence-corrected chi connectivity index (χ2v) is 3.08. The van der Waals surface area contributed by atoms with E-state index in [2.05, 4.69) is 0 Å². The Hall–Kier alpha value is -2.11. The van der Waals surface area contributed by atoms with Gasteiger partial charge in [0.15, 0.2) is 0 Å². The van der Waals surface area contributed by atoms with Gasteiger partial charge in [-0.05, 0) is 18.6 Å². The van der Waals surface area contributed by atoms with Crippen LogP contribution in [-0.2, 0) is 4.79 Å². The van der Waals surface area contributed by atoms with Gasteiger partial charge in [0.25, 0.3) is 5.69 Å². The van der Waals surface area contributed by atoms with Gasteiger partial charge >= 0.3 is 0 Å². The van der Waals surface area contributed by atoms with Gasteiger partial charge in [0, 0.05) is 12.1 Å². The number of carbonyl (C=O) groups excluding carboxylic acids is 1. The zero-order chi connectivity index (χ0) is 12.1. The van der Waals surface area contributed by atoms with E-state index in [1.54, 1.807) is 6.92 Å². The van der Waals surface area contributed by atoms with E-state index in [4.69, 9.17) is 4.74 Å². The lowest BCUT2D eigenvalue weighted by Crippen LogP contribution is -2.39. The summed E-state index contributed by atoms with van der Waals surface area (Å²) in [7, 11) is 0. The maximum atomic E-state index is 10.6. The maximum Gasteiger partial charge on any atom is 0.269 e. The molecule has 0 aliphatic heterocycles. The van der Waals surface area contributed by atoms with Gasteiger partial charge < -0.3 is 14.6 Å². The minimum atomic E-state index is -1.30. The summed E-state index contributed by atoms with van der Waals surface area (Å²) in [6.45, 7) is 1.64. The molecular formula is C10H10NO5-. The van der Waals surface area contributed by atoms with Crippen LogP contribution in [0.3, 0.4) is 0 Å². The third kappa shape index (κ3) is 2.94. The monoisotopic (exact) mass is 224 g/mol. The Morgan fingerprint density at radius 2 is 2.00 bits per heavy atom. The highest BCUT2D eigenvalue weighted by molar-refractivity contribution is 5.70. The van der Waals surface area contributed by atoms with E-state index in [9.17, 15) is 20.0 Å². The average molecular weight is 224 g/mol. The second-order valence-electron chi connectivity index (χ2n) is 3.08. The number of aliphatic carboxylic acids is 1. The Balaban J connectivity index is 2.75. The number of hydrogen-bond acceptors (Lipinski definition) is 5. The molecule has 1 aromatic carbocycles. The van der Waals surface area contributed by atoms with Crippen molar-refractivity contribution in [2.45, 2.75) is 19.4 Å². The van der Waals surface area contributed by atoms with Crippen molar-refractivity contribution in [3.05, 3.63) is 34.4 Å². The molecule has 0 bridgehead atoms. The predicted octanol–water partition coefficient (Wildman–Crippen LogP) is 0.502. The number of carboxylic acids is 1. The zero-order valence-corrected chi connectivity index (χ0v) is 8.58. The summed E-state index contributed by atoms with van der Waals surface area (Å²) in [5.74, 6) is -1.04. The molecule has 16 heavy (non-hydrogen) atoms. The van der Waals surface area contributed by atoms with Gasteiger partial charge in [0.2, 0.25) is 0 Å². The molecule has 6 nitrogen and oxygen atoms in total. The quantitative estimate of drug-likeness (QED) is 0.536. The highest BCUT2D eigenvalue weighted by atomic mass is 16.6. The molecule has 1 rings (SSSR count). The van der Waals surface area contributed by atoms with Gasteiger partial charge in [-0.1, -0.05) is 6.92 Å². The van der Waals surface area contributed by atoms with E-state index in [1.807, 2.05) is 0 Å². The molecule has 0 aromatic heterocycles. The maximum absolute atomic E-state index is 10.6. The van der Waals surface area contributed by atoms with Gasteiger partial charge in [-0.15, -0.1) is 0 Å². The molecule has 0 N–H and O–H groups in total. The lowest BCUT2D eigenvalue weighted by molar-refractivity contribution is -0.384. The summed E-state index contributed by atoms with van der Waals surface area (Å²) < 4.78 is 5.08. The first-order valence-corrected chi connectivity index (χ1v) is 4.66. The Labute approximate surface area is 91.6 Å². The van der Waals surface area contributed by atoms with Crippen molar-refractivity contribution >= 4 is 11.7 Å². The SMILES string of the molecule is CC[C@@H](Oc1ccc([N+](=O)[O-])cc1)C(=O)[O-]. The third-order valence-corrected chi connectivity index (χ3v) is 1.96. The van der Waals surface area contributed by atoms with Gasteiger partial charge in [-0.2, -0.15) is 0 Å². The first-order chi connectivity index (χ1) is 7.54. The van der Waals surface area contributed by atoms with E-state index in [0.717, 1.165) is 0 Å². The van der Waals surface area contributed by atoms with Crippen LogP contribution in [-0.4, -0.2) is 17.0 Å². The number of nitro benzene ring substituents is 1. The first kappa shape index (κ1) is 12.0. The van der Waals surface area contributed by atoms with Crippen molar-refractivity contribution < 1.29 is 19.6 Å². The molecular weight excluding hydrogens is 214 g/mol. The molecule has 0 spiro atoms. The van der Waals surface area contributed by atoms with Crippen molar-refractivity contribution in [1.29, 1.82) is 0 Å². The van der Waals surface area contributed by atoms with Gasteiger partial charge in [-0.25, -0.2) is 0 Å². The molecule has 0 saturated carbocycles. The minimum absolute atomic E-state index is 0.0751. The number of nitrogens with zero attached hydrogens (tertiary/aromatic N) is 1. The lowest BCUT2D eigenvalue weighted by atomic mass is 10.2. The summed E-state index contributed by atoms with van der Waals surface area (Å²) >= 11 is 0. The van der Waals surface area contributed by atoms with E-state index < -0.39 is 17.0 Å². The largest absolute Gasteiger partial charge is 0.546 e. The smallest absolute Gasteiger partial charge is 0.269 e. The molecule has 6 heteroatoms. The zero-order valence-electron chi connectivity index (χ0n) is 8.58. The molecule has 0 aliphatic carbocycles. The standard InChI is InChI=1S/C10H11NO5/c1-2-9(10(12)13)16-8-5-3-7(4-6-8)11(14)15/h3-6,9H,2H2,1H3,(H,12,13)/p-1/t9-/m1/s1. The van der Waals surface area contributed by atoms with Gasteiger partial charge in [0.1, 0.15) is 11.9 Å². The Morgan fingerprint density at radius 1 is 1.44 bits per heavy atom. The van der Waals surface area contributed by atoms with Crippen molar-refractivity contribution in [3.63, 3.8) is 0 Å². The van der Waals surface area contributed by atoms with E-state index in [0.29, 0.717) is 0 Å². The van der Waals surface area contributed by atoms with Crippen molar-refractivity contribution in [1.82, 2.24) is 0 Å². The number of ether oxygens (including phenoxy) is 1. The molecule has 0 amide bonds. The number of carboxylic acid groups (broad SMARTS) is 1. The summed E-state index contributed by atoms with van der Waals surface area (Å²) in [5, 5.41) is 20.9. The summed E-state index contributed by atoms with van der Waals surface area (Å²) in [6, 6.07) is 5.20. The normalized spacial score (nSPS) is 11.8. The van der Waals surface area contributed by atoms with Crippen LogP contribution in [0, 0.1) is 10.1 Å². The molecule has 0 aliphatic rings. The van der Waals surface area contributed by atoms with E-state index in [-0.39, 0.29) is 17.9 Å². The lowest BCUT2D eigenvalue weighted by Gasteiger charge is -2.17. The van der Waals surface area contributed by atoms with Crippen molar-refractivity contribution in [3.8, 4) is 5.75 Å². The minimum Gasteiger partial charge on any atom is -0.546 e. The van der Waals surface area contributed by atoms with Crippen LogP contribution in [0.5, 0.6) is 5.75 Å². The van der Waals surface area contributed by atoms with Crippen LogP contribution in [0.15, 0.2) is 24.3 Å². The van der Waals surface area contributed by atoms with E-state index in [1.165, 1.54) is 24.3 Å². The molecule has 0 heterocycles. The third-order valence-electron chi connectivity index (χ3n) is 1.96. The summed E-state index contributed by atoms with van der Waals surface area (Å²) in [5.41, 5.74) is -0.0751. The van der Waals surface area contributed by atoms with Crippen molar-refractivity contribution in [2.24, 2.45) is 0 Å². The number of carbonyl (C=O) groups is 1. The second kappa shape index (κ2) is 5.11. The Bertz CT molecular complexity index is 387. The van der Waals surface area contributed by atoms with Crippen LogP contribution >= 0.6 is 0 Å². The molecule has 0 unspecified atom stereocenters. The fraction of sp³-hybridized carbons (Fsp3) is 0.300. The van der Waals surface area contributed by atoms with Gasteiger partial charge in [0.05, 0.1) is 10.9 Å². The molecule has 86 valence electrons. The number of rotatable bonds is 5. The first-order valence-electron chi connectivity index (χ1n) is 4.66. The number of hydrogen-bond donors (Lipinski definition) is 0. The number of nitro groups is 1. The van der Waals surface area contributed by atoms with Crippen LogP contribution in [0.25, 0.3) is 0 Å². The Kier molecular flexibility index (Phi) is 3.82.